The van der Waals surface area contributed by atoms with Crippen LogP contribution < -0.4 is 14.4 Å². The molecule has 30 heavy (non-hydrogen) atoms. The summed E-state index contributed by atoms with van der Waals surface area (Å²) < 4.78 is 11.7. The van der Waals surface area contributed by atoms with Crippen LogP contribution in [-0.4, -0.2) is 30.1 Å². The lowest BCUT2D eigenvalue weighted by atomic mass is 10.2. The number of hydrogen-bond acceptors (Lipinski definition) is 6. The number of hydrogen-bond donors (Lipinski definition) is 0. The van der Waals surface area contributed by atoms with E-state index in [2.05, 4.69) is 4.98 Å². The van der Waals surface area contributed by atoms with Gasteiger partial charge in [0, 0.05) is 16.8 Å². The van der Waals surface area contributed by atoms with Crippen molar-refractivity contribution in [2.24, 2.45) is 0 Å². The molecule has 2 heterocycles. The first-order chi connectivity index (χ1) is 14.6. The largest absolute Gasteiger partial charge is 0.495 e. The predicted octanol–water partition coefficient (Wildman–Crippen LogP) is 5.21. The number of thiazole rings is 1. The van der Waals surface area contributed by atoms with Crippen molar-refractivity contribution in [1.82, 2.24) is 9.97 Å². The molecule has 0 spiro atoms. The summed E-state index contributed by atoms with van der Waals surface area (Å²) in [5.41, 5.74) is 1.85. The van der Waals surface area contributed by atoms with Crippen LogP contribution in [0.2, 0.25) is 5.02 Å². The Labute approximate surface area is 182 Å². The average molecular weight is 440 g/mol. The number of halogens is 1. The fraction of sp³-hybridized carbons (Fsp3) is 0.136. The Morgan fingerprint density at radius 1 is 1.07 bits per heavy atom. The van der Waals surface area contributed by atoms with Crippen molar-refractivity contribution in [3.05, 3.63) is 77.1 Å². The summed E-state index contributed by atoms with van der Waals surface area (Å²) in [5.74, 6) is 1.06. The van der Waals surface area contributed by atoms with E-state index in [9.17, 15) is 4.79 Å². The zero-order valence-corrected chi connectivity index (χ0v) is 17.9. The number of fused-ring (bicyclic) bond motifs is 1. The van der Waals surface area contributed by atoms with Gasteiger partial charge in [-0.05, 0) is 42.5 Å². The molecule has 0 aliphatic rings. The number of aromatic nitrogens is 2. The van der Waals surface area contributed by atoms with Gasteiger partial charge in [-0.15, -0.1) is 0 Å². The third-order valence-corrected chi connectivity index (χ3v) is 5.82. The number of benzene rings is 2. The molecule has 0 N–H and O–H groups in total. The minimum atomic E-state index is -0.222. The Kier molecular flexibility index (Phi) is 5.83. The molecule has 4 aromatic rings. The van der Waals surface area contributed by atoms with E-state index in [4.69, 9.17) is 26.1 Å². The van der Waals surface area contributed by atoms with Crippen molar-refractivity contribution >= 4 is 44.2 Å². The van der Waals surface area contributed by atoms with E-state index in [0.717, 1.165) is 10.4 Å². The van der Waals surface area contributed by atoms with Crippen molar-refractivity contribution in [1.29, 1.82) is 0 Å². The van der Waals surface area contributed by atoms with Crippen LogP contribution in [0.4, 0.5) is 5.13 Å². The number of carbonyl (C=O) groups excluding carboxylic acids is 1. The summed E-state index contributed by atoms with van der Waals surface area (Å²) in [6.07, 6.45) is 1.70. The highest BCUT2D eigenvalue weighted by atomic mass is 35.5. The van der Waals surface area contributed by atoms with E-state index in [1.54, 1.807) is 55.6 Å². The van der Waals surface area contributed by atoms with Crippen molar-refractivity contribution in [3.8, 4) is 11.5 Å². The van der Waals surface area contributed by atoms with E-state index in [0.29, 0.717) is 32.7 Å². The molecule has 0 fully saturated rings. The molecule has 2 aromatic heterocycles. The Balaban J connectivity index is 1.84. The summed E-state index contributed by atoms with van der Waals surface area (Å²) in [5, 5.41) is 1.01. The van der Waals surface area contributed by atoms with Gasteiger partial charge >= 0.3 is 0 Å². The van der Waals surface area contributed by atoms with Gasteiger partial charge in [0.05, 0.1) is 26.5 Å². The molecule has 0 atom stereocenters. The zero-order chi connectivity index (χ0) is 21.1. The maximum absolute atomic E-state index is 13.4. The molecule has 152 valence electrons. The average Bonchev–Trinajstić information content (AvgIpc) is 3.22. The van der Waals surface area contributed by atoms with Gasteiger partial charge in [-0.1, -0.05) is 35.1 Å². The van der Waals surface area contributed by atoms with Gasteiger partial charge in [-0.25, -0.2) is 4.98 Å². The number of ether oxygens (including phenoxy) is 2. The highest BCUT2D eigenvalue weighted by Crippen LogP contribution is 2.40. The van der Waals surface area contributed by atoms with Crippen LogP contribution in [0.3, 0.4) is 0 Å². The molecule has 0 saturated heterocycles. The van der Waals surface area contributed by atoms with E-state index >= 15 is 0 Å². The number of anilines is 1. The summed E-state index contributed by atoms with van der Waals surface area (Å²) in [6, 6.07) is 16.1. The standard InChI is InChI=1S/C22H18ClN3O3S/c1-28-17-9-10-18(29-2)20-19(17)25-22(30-20)26(13-16-8-3-4-11-24-16)21(27)14-6-5-7-15(23)12-14/h3-12H,13H2,1-2H3. The van der Waals surface area contributed by atoms with Crippen molar-refractivity contribution in [2.75, 3.05) is 19.1 Å². The lowest BCUT2D eigenvalue weighted by molar-refractivity contribution is 0.0985. The quantitative estimate of drug-likeness (QED) is 0.412. The predicted molar refractivity (Wildman–Crippen MR) is 119 cm³/mol. The first-order valence-electron chi connectivity index (χ1n) is 9.09. The number of carbonyl (C=O) groups is 1. The van der Waals surface area contributed by atoms with Crippen LogP contribution in [0.5, 0.6) is 11.5 Å². The van der Waals surface area contributed by atoms with Crippen LogP contribution >= 0.6 is 22.9 Å². The molecule has 6 nitrogen and oxygen atoms in total. The summed E-state index contributed by atoms with van der Waals surface area (Å²) in [4.78, 5) is 24.1. The smallest absolute Gasteiger partial charge is 0.260 e. The number of rotatable bonds is 6. The van der Waals surface area contributed by atoms with Crippen LogP contribution in [-0.2, 0) is 6.54 Å². The summed E-state index contributed by atoms with van der Waals surface area (Å²) in [7, 11) is 3.19. The normalized spacial score (nSPS) is 10.8. The van der Waals surface area contributed by atoms with Crippen molar-refractivity contribution in [3.63, 3.8) is 0 Å². The maximum Gasteiger partial charge on any atom is 0.260 e. The van der Waals surface area contributed by atoms with E-state index in [-0.39, 0.29) is 12.5 Å². The first kappa shape index (κ1) is 20.1. The Hall–Kier alpha value is -3.16. The second kappa shape index (κ2) is 8.69. The molecule has 0 saturated carbocycles. The number of pyridine rings is 1. The molecule has 0 bridgehead atoms. The van der Waals surface area contributed by atoms with Gasteiger partial charge in [0.2, 0.25) is 0 Å². The van der Waals surface area contributed by atoms with Gasteiger partial charge in [0.1, 0.15) is 21.7 Å². The Bertz CT molecular complexity index is 1160. The lowest BCUT2D eigenvalue weighted by Crippen LogP contribution is -2.30. The topological polar surface area (TPSA) is 64.6 Å². The van der Waals surface area contributed by atoms with Crippen LogP contribution in [0, 0.1) is 0 Å². The minimum Gasteiger partial charge on any atom is -0.495 e. The van der Waals surface area contributed by atoms with Gasteiger partial charge in [-0.3, -0.25) is 14.7 Å². The minimum absolute atomic E-state index is 0.222. The van der Waals surface area contributed by atoms with Crippen molar-refractivity contribution in [2.45, 2.75) is 6.54 Å². The molecular formula is C22H18ClN3O3S. The summed E-state index contributed by atoms with van der Waals surface area (Å²) in [6.45, 7) is 0.261. The summed E-state index contributed by atoms with van der Waals surface area (Å²) >= 11 is 7.47. The highest BCUT2D eigenvalue weighted by molar-refractivity contribution is 7.22. The first-order valence-corrected chi connectivity index (χ1v) is 10.3. The second-order valence-corrected chi connectivity index (χ2v) is 7.78. The third kappa shape index (κ3) is 3.94. The fourth-order valence-corrected chi connectivity index (χ4v) is 4.31. The van der Waals surface area contributed by atoms with Crippen LogP contribution in [0.15, 0.2) is 60.8 Å². The number of nitrogens with zero attached hydrogens (tertiary/aromatic N) is 3. The van der Waals surface area contributed by atoms with Crippen molar-refractivity contribution < 1.29 is 14.3 Å². The highest BCUT2D eigenvalue weighted by Gasteiger charge is 2.24. The number of methoxy groups -OCH3 is 2. The number of amides is 1. The van der Waals surface area contributed by atoms with Crippen LogP contribution in [0.1, 0.15) is 16.1 Å². The lowest BCUT2D eigenvalue weighted by Gasteiger charge is -2.19. The van der Waals surface area contributed by atoms with Gasteiger partial charge < -0.3 is 9.47 Å². The Morgan fingerprint density at radius 2 is 1.87 bits per heavy atom. The van der Waals surface area contributed by atoms with E-state index < -0.39 is 0 Å². The molecule has 8 heteroatoms. The van der Waals surface area contributed by atoms with E-state index in [1.807, 2.05) is 24.3 Å². The molecule has 2 aromatic carbocycles. The molecule has 0 aliphatic carbocycles. The van der Waals surface area contributed by atoms with E-state index in [1.165, 1.54) is 11.3 Å². The van der Waals surface area contributed by atoms with Gasteiger partial charge in [0.25, 0.3) is 5.91 Å². The van der Waals surface area contributed by atoms with Crippen LogP contribution in [0.25, 0.3) is 10.2 Å². The Morgan fingerprint density at radius 3 is 2.57 bits per heavy atom. The maximum atomic E-state index is 13.4. The monoisotopic (exact) mass is 439 g/mol. The molecule has 0 unspecified atom stereocenters. The molecule has 1 amide bonds. The third-order valence-electron chi connectivity index (χ3n) is 4.49. The SMILES string of the molecule is COc1ccc(OC)c2sc(N(Cc3ccccn3)C(=O)c3cccc(Cl)c3)nc12. The van der Waals surface area contributed by atoms with Gasteiger partial charge in [-0.2, -0.15) is 0 Å². The molecule has 0 radical (unpaired) electrons. The molecule has 0 aliphatic heterocycles. The van der Waals surface area contributed by atoms with Gasteiger partial charge in [0.15, 0.2) is 5.13 Å². The fourth-order valence-electron chi connectivity index (χ4n) is 3.05. The second-order valence-electron chi connectivity index (χ2n) is 6.37. The molecular weight excluding hydrogens is 422 g/mol. The zero-order valence-electron chi connectivity index (χ0n) is 16.3. The molecule has 4 rings (SSSR count).